The van der Waals surface area contributed by atoms with Crippen LogP contribution < -0.4 is 10.6 Å². The molecule has 1 aromatic rings. The summed E-state index contributed by atoms with van der Waals surface area (Å²) in [5, 5.41) is 7.11. The van der Waals surface area contributed by atoms with Gasteiger partial charge < -0.3 is 19.8 Å². The molecule has 2 atom stereocenters. The van der Waals surface area contributed by atoms with Gasteiger partial charge in [-0.2, -0.15) is 0 Å². The number of hydrogen-bond acceptors (Lipinski definition) is 4. The second-order valence-electron chi connectivity index (χ2n) is 7.31. The Morgan fingerprint density at radius 3 is 2.92 bits per heavy atom. The summed E-state index contributed by atoms with van der Waals surface area (Å²) < 4.78 is 10.8. The van der Waals surface area contributed by atoms with Crippen molar-refractivity contribution in [2.45, 2.75) is 52.6 Å². The average molecular weight is 365 g/mol. The summed E-state index contributed by atoms with van der Waals surface area (Å²) >= 11 is 0. The van der Waals surface area contributed by atoms with Gasteiger partial charge in [0, 0.05) is 57.9 Å². The Kier molecular flexibility index (Phi) is 8.98. The van der Waals surface area contributed by atoms with Crippen molar-refractivity contribution in [2.24, 2.45) is 10.9 Å². The molecule has 6 nitrogen and oxygen atoms in total. The number of aliphatic imine (C=N–C) groups is 1. The van der Waals surface area contributed by atoms with Crippen LogP contribution in [-0.4, -0.2) is 62.3 Å². The van der Waals surface area contributed by atoms with Gasteiger partial charge in [0.2, 0.25) is 0 Å². The number of furan rings is 1. The molecule has 2 unspecified atom stereocenters. The lowest BCUT2D eigenvalue weighted by Gasteiger charge is -2.22. The molecule has 148 valence electrons. The zero-order chi connectivity index (χ0) is 18.8. The molecule has 0 amide bonds. The fraction of sp³-hybridized carbons (Fsp3) is 0.750. The van der Waals surface area contributed by atoms with Gasteiger partial charge in [-0.25, -0.2) is 0 Å². The van der Waals surface area contributed by atoms with Crippen molar-refractivity contribution in [3.8, 4) is 0 Å². The maximum Gasteiger partial charge on any atom is 0.191 e. The fourth-order valence-electron chi connectivity index (χ4n) is 3.20. The summed E-state index contributed by atoms with van der Waals surface area (Å²) in [4.78, 5) is 7.27. The Labute approximate surface area is 158 Å². The molecule has 1 fully saturated rings. The van der Waals surface area contributed by atoms with Gasteiger partial charge in [0.1, 0.15) is 5.76 Å². The maximum absolute atomic E-state index is 5.41. The van der Waals surface area contributed by atoms with Crippen molar-refractivity contribution in [2.75, 3.05) is 39.4 Å². The highest BCUT2D eigenvalue weighted by Crippen LogP contribution is 2.18. The first-order valence-electron chi connectivity index (χ1n) is 9.99. The van der Waals surface area contributed by atoms with E-state index in [0.717, 1.165) is 64.0 Å². The molecule has 0 aromatic carbocycles. The molecule has 0 saturated carbocycles. The molecule has 26 heavy (non-hydrogen) atoms. The van der Waals surface area contributed by atoms with Gasteiger partial charge >= 0.3 is 0 Å². The largest absolute Gasteiger partial charge is 0.469 e. The van der Waals surface area contributed by atoms with Crippen LogP contribution >= 0.6 is 0 Å². The summed E-state index contributed by atoms with van der Waals surface area (Å²) in [6, 6.07) is 4.95. The van der Waals surface area contributed by atoms with E-state index in [1.54, 1.807) is 6.26 Å². The molecule has 2 rings (SSSR count). The number of ether oxygens (including phenoxy) is 1. The number of likely N-dealkylation sites (tertiary alicyclic amines) is 1. The molecule has 0 radical (unpaired) electrons. The minimum atomic E-state index is 0.430. The van der Waals surface area contributed by atoms with Crippen LogP contribution in [0.4, 0.5) is 0 Å². The van der Waals surface area contributed by atoms with Crippen LogP contribution in [0.1, 0.15) is 39.9 Å². The highest BCUT2D eigenvalue weighted by molar-refractivity contribution is 5.80. The molecule has 0 aliphatic carbocycles. The van der Waals surface area contributed by atoms with Gasteiger partial charge in [0.05, 0.1) is 6.26 Å². The Balaban J connectivity index is 1.85. The zero-order valence-corrected chi connectivity index (χ0v) is 16.8. The zero-order valence-electron chi connectivity index (χ0n) is 16.8. The monoisotopic (exact) mass is 364 g/mol. The third-order valence-corrected chi connectivity index (χ3v) is 4.86. The topological polar surface area (TPSA) is 62.0 Å². The number of rotatable bonds is 10. The Hall–Kier alpha value is -1.53. The highest BCUT2D eigenvalue weighted by atomic mass is 16.5. The number of guanidine groups is 1. The third-order valence-electron chi connectivity index (χ3n) is 4.86. The lowest BCUT2D eigenvalue weighted by Crippen LogP contribution is -2.47. The first-order valence-corrected chi connectivity index (χ1v) is 9.99. The van der Waals surface area contributed by atoms with Crippen molar-refractivity contribution >= 4 is 5.96 Å². The van der Waals surface area contributed by atoms with E-state index in [0.29, 0.717) is 18.0 Å². The smallest absolute Gasteiger partial charge is 0.191 e. The van der Waals surface area contributed by atoms with Gasteiger partial charge in [-0.05, 0) is 45.2 Å². The Morgan fingerprint density at radius 1 is 1.42 bits per heavy atom. The van der Waals surface area contributed by atoms with Crippen LogP contribution in [0.5, 0.6) is 0 Å². The van der Waals surface area contributed by atoms with Gasteiger partial charge in [-0.15, -0.1) is 0 Å². The van der Waals surface area contributed by atoms with E-state index in [4.69, 9.17) is 14.1 Å². The lowest BCUT2D eigenvalue weighted by molar-refractivity contribution is 0.146. The predicted molar refractivity (Wildman–Crippen MR) is 107 cm³/mol. The quantitative estimate of drug-likeness (QED) is 0.379. The summed E-state index contributed by atoms with van der Waals surface area (Å²) in [6.07, 6.45) is 3.51. The second kappa shape index (κ2) is 11.2. The van der Waals surface area contributed by atoms with Crippen LogP contribution in [-0.2, 0) is 11.2 Å². The SMILES string of the molecule is CCOCCCN=C(NCCc1ccco1)NC1CN(C(C)C)CC1C. The number of hydrogen-bond donors (Lipinski definition) is 2. The fourth-order valence-corrected chi connectivity index (χ4v) is 3.20. The van der Waals surface area contributed by atoms with E-state index in [2.05, 4.69) is 36.3 Å². The summed E-state index contributed by atoms with van der Waals surface area (Å²) in [6.45, 7) is 14.2. The molecule has 6 heteroatoms. The van der Waals surface area contributed by atoms with E-state index >= 15 is 0 Å². The van der Waals surface area contributed by atoms with E-state index in [1.807, 2.05) is 19.1 Å². The Morgan fingerprint density at radius 2 is 2.27 bits per heavy atom. The number of nitrogens with zero attached hydrogens (tertiary/aromatic N) is 2. The highest BCUT2D eigenvalue weighted by Gasteiger charge is 2.31. The van der Waals surface area contributed by atoms with Crippen LogP contribution in [0.2, 0.25) is 0 Å². The van der Waals surface area contributed by atoms with Crippen molar-refractivity contribution in [1.82, 2.24) is 15.5 Å². The summed E-state index contributed by atoms with van der Waals surface area (Å²) in [5.41, 5.74) is 0. The lowest BCUT2D eigenvalue weighted by atomic mass is 10.1. The molecular weight excluding hydrogens is 328 g/mol. The third kappa shape index (κ3) is 7.00. The van der Waals surface area contributed by atoms with E-state index in [-0.39, 0.29) is 0 Å². The first-order chi connectivity index (χ1) is 12.6. The van der Waals surface area contributed by atoms with E-state index < -0.39 is 0 Å². The minimum Gasteiger partial charge on any atom is -0.469 e. The Bertz CT molecular complexity index is 516. The van der Waals surface area contributed by atoms with Crippen molar-refractivity contribution in [3.05, 3.63) is 24.2 Å². The predicted octanol–water partition coefficient (Wildman–Crippen LogP) is 2.51. The molecule has 2 heterocycles. The molecular formula is C20H36N4O2. The van der Waals surface area contributed by atoms with Crippen molar-refractivity contribution in [1.29, 1.82) is 0 Å². The first kappa shape index (κ1) is 20.8. The van der Waals surface area contributed by atoms with Crippen LogP contribution in [0.25, 0.3) is 0 Å². The number of nitrogens with one attached hydrogen (secondary N) is 2. The van der Waals surface area contributed by atoms with Crippen molar-refractivity contribution < 1.29 is 9.15 Å². The standard InChI is InChI=1S/C20H36N4O2/c1-5-25-12-7-10-21-20(22-11-9-18-8-6-13-26-18)23-19-15-24(16(2)3)14-17(19)4/h6,8,13,16-17,19H,5,7,9-12,14-15H2,1-4H3,(H2,21,22,23). The summed E-state index contributed by atoms with van der Waals surface area (Å²) in [5.74, 6) is 2.50. The normalized spacial score (nSPS) is 21.5. The van der Waals surface area contributed by atoms with Gasteiger partial charge in [-0.3, -0.25) is 9.89 Å². The van der Waals surface area contributed by atoms with Crippen LogP contribution in [0, 0.1) is 5.92 Å². The van der Waals surface area contributed by atoms with E-state index in [9.17, 15) is 0 Å². The van der Waals surface area contributed by atoms with Crippen molar-refractivity contribution in [3.63, 3.8) is 0 Å². The summed E-state index contributed by atoms with van der Waals surface area (Å²) in [7, 11) is 0. The minimum absolute atomic E-state index is 0.430. The molecule has 2 N–H and O–H groups in total. The molecule has 0 spiro atoms. The molecule has 1 aliphatic rings. The van der Waals surface area contributed by atoms with Gasteiger partial charge in [0.25, 0.3) is 0 Å². The molecule has 1 saturated heterocycles. The van der Waals surface area contributed by atoms with Crippen LogP contribution in [0.15, 0.2) is 27.8 Å². The molecule has 1 aromatic heterocycles. The van der Waals surface area contributed by atoms with Gasteiger partial charge in [-0.1, -0.05) is 6.92 Å². The van der Waals surface area contributed by atoms with Crippen LogP contribution in [0.3, 0.4) is 0 Å². The average Bonchev–Trinajstić information content (AvgIpc) is 3.25. The van der Waals surface area contributed by atoms with E-state index in [1.165, 1.54) is 0 Å². The molecule has 0 bridgehead atoms. The molecule has 1 aliphatic heterocycles. The van der Waals surface area contributed by atoms with Gasteiger partial charge in [0.15, 0.2) is 5.96 Å². The maximum atomic E-state index is 5.41. The second-order valence-corrected chi connectivity index (χ2v) is 7.31.